The van der Waals surface area contributed by atoms with E-state index in [9.17, 15) is 4.79 Å². The quantitative estimate of drug-likeness (QED) is 0.307. The number of carbonyl (C=O) groups is 1. The van der Waals surface area contributed by atoms with Gasteiger partial charge in [0, 0.05) is 32.1 Å². The zero-order chi connectivity index (χ0) is 27.4. The van der Waals surface area contributed by atoms with E-state index in [1.807, 2.05) is 80.5 Å². The van der Waals surface area contributed by atoms with Gasteiger partial charge in [-0.1, -0.05) is 49.0 Å². The Bertz CT molecular complexity index is 1450. The van der Waals surface area contributed by atoms with E-state index >= 15 is 0 Å². The van der Waals surface area contributed by atoms with Crippen LogP contribution in [0.1, 0.15) is 54.4 Å². The first kappa shape index (κ1) is 26.4. The molecule has 39 heavy (non-hydrogen) atoms. The van der Waals surface area contributed by atoms with Crippen LogP contribution in [0.15, 0.2) is 67.2 Å². The van der Waals surface area contributed by atoms with Gasteiger partial charge in [-0.25, -0.2) is 4.98 Å². The molecule has 8 nitrogen and oxygen atoms in total. The number of amides is 1. The molecule has 1 amide bonds. The van der Waals surface area contributed by atoms with E-state index in [0.29, 0.717) is 36.7 Å². The van der Waals surface area contributed by atoms with Crippen molar-refractivity contribution >= 4 is 34.1 Å². The van der Waals surface area contributed by atoms with Gasteiger partial charge in [0.25, 0.3) is 5.91 Å². The van der Waals surface area contributed by atoms with E-state index in [2.05, 4.69) is 28.4 Å². The molecular weight excluding hydrogens is 486 g/mol. The predicted molar refractivity (Wildman–Crippen MR) is 158 cm³/mol. The molecule has 8 heteroatoms. The van der Waals surface area contributed by atoms with Crippen LogP contribution in [0.3, 0.4) is 0 Å². The Kier molecular flexibility index (Phi) is 7.91. The minimum atomic E-state index is -0.0908. The van der Waals surface area contributed by atoms with Crippen molar-refractivity contribution in [1.82, 2.24) is 25.1 Å². The van der Waals surface area contributed by atoms with Crippen LogP contribution in [0.5, 0.6) is 0 Å². The summed E-state index contributed by atoms with van der Waals surface area (Å²) in [7, 11) is 4.01. The van der Waals surface area contributed by atoms with E-state index in [4.69, 9.17) is 9.97 Å². The highest BCUT2D eigenvalue weighted by Gasteiger charge is 2.24. The number of allylic oxidation sites excluding steroid dienone is 1. The van der Waals surface area contributed by atoms with Crippen LogP contribution in [0.2, 0.25) is 0 Å². The summed E-state index contributed by atoms with van der Waals surface area (Å²) in [6.45, 7) is 7.11. The van der Waals surface area contributed by atoms with Gasteiger partial charge >= 0.3 is 0 Å². The van der Waals surface area contributed by atoms with Gasteiger partial charge < -0.3 is 15.5 Å². The third-order valence-corrected chi connectivity index (χ3v) is 7.36. The zero-order valence-electron chi connectivity index (χ0n) is 23.0. The minimum Gasteiger partial charge on any atom is -0.362 e. The lowest BCUT2D eigenvalue weighted by Crippen LogP contribution is -2.35. The van der Waals surface area contributed by atoms with Crippen molar-refractivity contribution in [3.05, 3.63) is 84.2 Å². The maximum absolute atomic E-state index is 13.2. The third-order valence-electron chi connectivity index (χ3n) is 7.36. The average molecular weight is 524 g/mol. The third kappa shape index (κ3) is 6.28. The topological polar surface area (TPSA) is 88.0 Å². The number of para-hydroxylation sites is 1. The fourth-order valence-electron chi connectivity index (χ4n) is 5.17. The maximum Gasteiger partial charge on any atom is 0.269 e. The maximum atomic E-state index is 13.2. The van der Waals surface area contributed by atoms with Gasteiger partial charge in [0.15, 0.2) is 0 Å². The molecule has 202 valence electrons. The first-order valence-corrected chi connectivity index (χ1v) is 13.6. The lowest BCUT2D eigenvalue weighted by molar-refractivity contribution is 0.0933. The second kappa shape index (κ2) is 11.7. The second-order valence-electron chi connectivity index (χ2n) is 10.7. The van der Waals surface area contributed by atoms with E-state index < -0.39 is 0 Å². The summed E-state index contributed by atoms with van der Waals surface area (Å²) < 4.78 is 1.78. The molecule has 1 fully saturated rings. The van der Waals surface area contributed by atoms with Crippen LogP contribution in [-0.4, -0.2) is 52.3 Å². The van der Waals surface area contributed by atoms with Crippen LogP contribution < -0.4 is 15.5 Å². The van der Waals surface area contributed by atoms with Crippen molar-refractivity contribution < 1.29 is 4.79 Å². The van der Waals surface area contributed by atoms with Crippen LogP contribution >= 0.6 is 0 Å². The minimum absolute atomic E-state index is 0.0908. The molecule has 1 aliphatic rings. The molecule has 0 unspecified atom stereocenters. The summed E-state index contributed by atoms with van der Waals surface area (Å²) >= 11 is 0. The number of hydrogen-bond donors (Lipinski definition) is 2. The standard InChI is InChI=1S/C31H37N7O/c1-21(2)27-18-28(38(36-27)20-23-10-6-5-7-11-23)30(39)32-19-22-14-16-24(17-15-22)33-31-34-26-13-9-8-12-25(26)29(35-31)37(3)4/h5-13,18,22,24H,1,14-17,19-20H2,2-4H3,(H,32,39)(H,33,34,35). The van der Waals surface area contributed by atoms with Gasteiger partial charge in [0.05, 0.1) is 17.8 Å². The summed E-state index contributed by atoms with van der Waals surface area (Å²) in [4.78, 5) is 24.8. The van der Waals surface area contributed by atoms with Gasteiger partial charge in [0.1, 0.15) is 11.5 Å². The Morgan fingerprint density at radius 1 is 1.03 bits per heavy atom. The van der Waals surface area contributed by atoms with Crippen molar-refractivity contribution in [2.75, 3.05) is 30.9 Å². The second-order valence-corrected chi connectivity index (χ2v) is 10.7. The normalized spacial score (nSPS) is 17.1. The van der Waals surface area contributed by atoms with E-state index in [1.54, 1.807) is 4.68 Å². The van der Waals surface area contributed by atoms with Crippen LogP contribution in [0, 0.1) is 5.92 Å². The first-order valence-electron chi connectivity index (χ1n) is 13.6. The molecule has 0 aliphatic heterocycles. The van der Waals surface area contributed by atoms with E-state index in [1.165, 1.54) is 0 Å². The number of hydrogen-bond acceptors (Lipinski definition) is 6. The summed E-state index contributed by atoms with van der Waals surface area (Å²) in [6.07, 6.45) is 4.10. The number of nitrogens with zero attached hydrogens (tertiary/aromatic N) is 5. The van der Waals surface area contributed by atoms with Gasteiger partial charge in [-0.2, -0.15) is 10.1 Å². The van der Waals surface area contributed by atoms with Crippen molar-refractivity contribution in [3.8, 4) is 0 Å². The summed E-state index contributed by atoms with van der Waals surface area (Å²) in [5.74, 6) is 1.94. The molecule has 2 heterocycles. The van der Waals surface area contributed by atoms with E-state index in [-0.39, 0.29) is 5.91 Å². The number of nitrogens with one attached hydrogen (secondary N) is 2. The fourth-order valence-corrected chi connectivity index (χ4v) is 5.17. The SMILES string of the molecule is C=C(C)c1cc(C(=O)NCC2CCC(Nc3nc(N(C)C)c4ccccc4n3)CC2)n(Cc2ccccc2)n1. The smallest absolute Gasteiger partial charge is 0.269 e. The largest absolute Gasteiger partial charge is 0.362 e. The Morgan fingerprint density at radius 3 is 2.46 bits per heavy atom. The number of fused-ring (bicyclic) bond motifs is 1. The lowest BCUT2D eigenvalue weighted by Gasteiger charge is -2.29. The number of carbonyl (C=O) groups excluding carboxylic acids is 1. The van der Waals surface area contributed by atoms with Gasteiger partial charge in [-0.15, -0.1) is 0 Å². The molecule has 1 aliphatic carbocycles. The zero-order valence-corrected chi connectivity index (χ0v) is 23.0. The lowest BCUT2D eigenvalue weighted by atomic mass is 9.86. The Morgan fingerprint density at radius 2 is 1.74 bits per heavy atom. The molecule has 0 saturated heterocycles. The molecular formula is C31H37N7O. The van der Waals surface area contributed by atoms with Gasteiger partial charge in [0.2, 0.25) is 5.95 Å². The van der Waals surface area contributed by atoms with Crippen LogP contribution in [0.4, 0.5) is 11.8 Å². The van der Waals surface area contributed by atoms with Crippen molar-refractivity contribution in [3.63, 3.8) is 0 Å². The van der Waals surface area contributed by atoms with Crippen molar-refractivity contribution in [1.29, 1.82) is 0 Å². The van der Waals surface area contributed by atoms with Crippen molar-refractivity contribution in [2.45, 2.75) is 45.2 Å². The molecule has 2 aromatic carbocycles. The van der Waals surface area contributed by atoms with Crippen LogP contribution in [0.25, 0.3) is 16.5 Å². The predicted octanol–water partition coefficient (Wildman–Crippen LogP) is 5.37. The highest BCUT2D eigenvalue weighted by Crippen LogP contribution is 2.28. The molecule has 2 N–H and O–H groups in total. The summed E-state index contributed by atoms with van der Waals surface area (Å²) in [5.41, 5.74) is 4.20. The Hall–Kier alpha value is -4.20. The number of benzene rings is 2. The molecule has 0 spiro atoms. The van der Waals surface area contributed by atoms with Crippen LogP contribution in [-0.2, 0) is 6.54 Å². The highest BCUT2D eigenvalue weighted by atomic mass is 16.2. The summed E-state index contributed by atoms with van der Waals surface area (Å²) in [6, 6.07) is 20.3. The molecule has 4 aromatic rings. The number of rotatable bonds is 9. The van der Waals surface area contributed by atoms with Crippen molar-refractivity contribution in [2.24, 2.45) is 5.92 Å². The van der Waals surface area contributed by atoms with E-state index in [0.717, 1.165) is 59.2 Å². The molecule has 0 atom stereocenters. The molecule has 0 bridgehead atoms. The summed E-state index contributed by atoms with van der Waals surface area (Å²) in [5, 5.41) is 12.4. The monoisotopic (exact) mass is 523 g/mol. The first-order chi connectivity index (χ1) is 18.9. The fraction of sp³-hybridized carbons (Fsp3) is 0.355. The molecule has 0 radical (unpaired) electrons. The van der Waals surface area contributed by atoms with Gasteiger partial charge in [-0.05, 0) is 67.9 Å². The highest BCUT2D eigenvalue weighted by molar-refractivity contribution is 5.93. The van der Waals surface area contributed by atoms with Gasteiger partial charge in [-0.3, -0.25) is 9.48 Å². The Labute approximate surface area is 230 Å². The number of aromatic nitrogens is 4. The Balaban J connectivity index is 1.17. The average Bonchev–Trinajstić information content (AvgIpc) is 3.37. The number of anilines is 2. The molecule has 5 rings (SSSR count). The molecule has 2 aromatic heterocycles. The molecule has 1 saturated carbocycles.